The normalized spacial score (nSPS) is 14.9. The molecule has 1 aliphatic rings. The van der Waals surface area contributed by atoms with Crippen molar-refractivity contribution in [1.29, 1.82) is 0 Å². The van der Waals surface area contributed by atoms with E-state index in [0.717, 1.165) is 35.1 Å². The third kappa shape index (κ3) is 5.76. The number of carboxylic acids is 1. The van der Waals surface area contributed by atoms with Crippen LogP contribution >= 0.6 is 0 Å². The number of rotatable bonds is 11. The number of nitrogens with one attached hydrogen (secondary N) is 2. The molecular weight excluding hydrogens is 432 g/mol. The van der Waals surface area contributed by atoms with Crippen LogP contribution in [0.1, 0.15) is 69.9 Å². The average Bonchev–Trinajstić information content (AvgIpc) is 3.14. The Hall–Kier alpha value is -3.35. The molecule has 0 bridgehead atoms. The van der Waals surface area contributed by atoms with Crippen molar-refractivity contribution in [3.8, 4) is 11.1 Å². The molecule has 0 fully saturated rings. The number of carbonyl (C=O) groups excluding carboxylic acids is 2. The molecule has 2 amide bonds. The van der Waals surface area contributed by atoms with Gasteiger partial charge in [0.15, 0.2) is 0 Å². The van der Waals surface area contributed by atoms with Crippen molar-refractivity contribution in [3.05, 3.63) is 59.7 Å². The largest absolute Gasteiger partial charge is 0.481 e. The van der Waals surface area contributed by atoms with Gasteiger partial charge in [-0.05, 0) is 42.0 Å². The molecule has 1 aliphatic carbocycles. The number of unbranched alkanes of at least 4 members (excludes halogenated alkanes) is 1. The maximum Gasteiger partial charge on any atom is 0.408 e. The van der Waals surface area contributed by atoms with Gasteiger partial charge in [-0.2, -0.15) is 0 Å². The molecule has 0 aliphatic heterocycles. The zero-order valence-corrected chi connectivity index (χ0v) is 20.1. The molecule has 0 radical (unpaired) electrons. The maximum absolute atomic E-state index is 13.0. The first-order valence-electron chi connectivity index (χ1n) is 11.9. The number of amides is 2. The van der Waals surface area contributed by atoms with Crippen LogP contribution in [0.3, 0.4) is 0 Å². The van der Waals surface area contributed by atoms with Gasteiger partial charge in [-0.15, -0.1) is 0 Å². The van der Waals surface area contributed by atoms with Crippen molar-refractivity contribution in [2.75, 3.05) is 6.61 Å². The molecule has 0 aromatic heterocycles. The summed E-state index contributed by atoms with van der Waals surface area (Å²) >= 11 is 0. The van der Waals surface area contributed by atoms with Crippen LogP contribution in [0.25, 0.3) is 11.1 Å². The molecule has 0 saturated heterocycles. The molecule has 3 N–H and O–H groups in total. The summed E-state index contributed by atoms with van der Waals surface area (Å²) in [5, 5.41) is 14.7. The van der Waals surface area contributed by atoms with Crippen molar-refractivity contribution in [2.24, 2.45) is 0 Å². The molecule has 7 nitrogen and oxygen atoms in total. The van der Waals surface area contributed by atoms with Gasteiger partial charge in [-0.1, -0.05) is 75.2 Å². The number of hydrogen-bond acceptors (Lipinski definition) is 4. The molecule has 1 unspecified atom stereocenters. The van der Waals surface area contributed by atoms with Gasteiger partial charge >= 0.3 is 12.1 Å². The van der Waals surface area contributed by atoms with E-state index in [-0.39, 0.29) is 18.9 Å². The molecule has 2 aromatic carbocycles. The fourth-order valence-electron chi connectivity index (χ4n) is 4.40. The van der Waals surface area contributed by atoms with Crippen molar-refractivity contribution in [3.63, 3.8) is 0 Å². The van der Waals surface area contributed by atoms with Crippen LogP contribution in [0.2, 0.25) is 0 Å². The lowest BCUT2D eigenvalue weighted by Gasteiger charge is -2.30. The highest BCUT2D eigenvalue weighted by Gasteiger charge is 2.36. The second kappa shape index (κ2) is 11.2. The molecule has 0 heterocycles. The highest BCUT2D eigenvalue weighted by atomic mass is 16.5. The molecule has 0 spiro atoms. The number of carboxylic acid groups (broad SMARTS) is 1. The maximum atomic E-state index is 13.0. The smallest absolute Gasteiger partial charge is 0.408 e. The highest BCUT2D eigenvalue weighted by Crippen LogP contribution is 2.44. The van der Waals surface area contributed by atoms with E-state index >= 15 is 0 Å². The third-order valence-electron chi connectivity index (χ3n) is 6.59. The Balaban J connectivity index is 1.64. The van der Waals surface area contributed by atoms with Crippen molar-refractivity contribution >= 4 is 18.0 Å². The fourth-order valence-corrected chi connectivity index (χ4v) is 4.40. The molecular formula is C27H34N2O5. The Morgan fingerprint density at radius 2 is 1.62 bits per heavy atom. The Labute approximate surface area is 200 Å². The first kappa shape index (κ1) is 25.3. The predicted octanol–water partition coefficient (Wildman–Crippen LogP) is 4.84. The summed E-state index contributed by atoms with van der Waals surface area (Å²) in [6.45, 7) is 5.58. The molecule has 0 saturated carbocycles. The summed E-state index contributed by atoms with van der Waals surface area (Å²) < 4.78 is 5.60. The third-order valence-corrected chi connectivity index (χ3v) is 6.59. The van der Waals surface area contributed by atoms with Crippen LogP contribution in [0.15, 0.2) is 48.5 Å². The van der Waals surface area contributed by atoms with E-state index in [0.29, 0.717) is 12.8 Å². The lowest BCUT2D eigenvalue weighted by Crippen LogP contribution is -2.58. The Kier molecular flexibility index (Phi) is 8.31. The van der Waals surface area contributed by atoms with Crippen molar-refractivity contribution in [1.82, 2.24) is 10.6 Å². The van der Waals surface area contributed by atoms with Crippen molar-refractivity contribution < 1.29 is 24.2 Å². The van der Waals surface area contributed by atoms with Crippen molar-refractivity contribution in [2.45, 2.75) is 70.4 Å². The van der Waals surface area contributed by atoms with Crippen LogP contribution in [0, 0.1) is 0 Å². The summed E-state index contributed by atoms with van der Waals surface area (Å²) in [4.78, 5) is 36.9. The zero-order valence-electron chi connectivity index (χ0n) is 20.1. The molecule has 182 valence electrons. The van der Waals surface area contributed by atoms with E-state index in [1.54, 1.807) is 13.8 Å². The molecule has 7 heteroatoms. The van der Waals surface area contributed by atoms with E-state index in [1.807, 2.05) is 43.3 Å². The Morgan fingerprint density at radius 1 is 1.03 bits per heavy atom. The number of aliphatic carboxylic acids is 1. The summed E-state index contributed by atoms with van der Waals surface area (Å²) in [5.74, 6) is -1.45. The topological polar surface area (TPSA) is 105 Å². The second-order valence-electron chi connectivity index (χ2n) is 9.05. The zero-order chi connectivity index (χ0) is 24.7. The second-order valence-corrected chi connectivity index (χ2v) is 9.05. The van der Waals surface area contributed by atoms with Gasteiger partial charge in [0, 0.05) is 12.0 Å². The highest BCUT2D eigenvalue weighted by molar-refractivity contribution is 5.90. The molecule has 2 atom stereocenters. The summed E-state index contributed by atoms with van der Waals surface area (Å²) in [6.07, 6.45) is 1.77. The summed E-state index contributed by atoms with van der Waals surface area (Å²) in [7, 11) is 0. The Bertz CT molecular complexity index is 992. The van der Waals surface area contributed by atoms with Crippen LogP contribution in [-0.2, 0) is 14.3 Å². The van der Waals surface area contributed by atoms with Gasteiger partial charge in [-0.25, -0.2) is 4.79 Å². The van der Waals surface area contributed by atoms with Gasteiger partial charge in [0.25, 0.3) is 0 Å². The number of hydrogen-bond donors (Lipinski definition) is 3. The van der Waals surface area contributed by atoms with Gasteiger partial charge < -0.3 is 20.5 Å². The standard InChI is InChI=1S/C27H34N2O5/c1-4-6-11-18(16-24(30)31)28-25(32)27(3,5-2)29-26(33)34-17-23-21-14-9-7-12-19(21)20-13-8-10-15-22(20)23/h7-10,12-15,18,23H,4-6,11,16-17H2,1-3H3,(H,28,32)(H,29,33)(H,30,31)/t18-,27?/m1/s1. The molecule has 34 heavy (non-hydrogen) atoms. The van der Waals surface area contributed by atoms with Gasteiger partial charge in [0.2, 0.25) is 5.91 Å². The van der Waals surface area contributed by atoms with Gasteiger partial charge in [0.1, 0.15) is 12.1 Å². The van der Waals surface area contributed by atoms with Crippen LogP contribution in [0.5, 0.6) is 0 Å². The monoisotopic (exact) mass is 466 g/mol. The minimum absolute atomic E-state index is 0.0751. The van der Waals surface area contributed by atoms with Gasteiger partial charge in [-0.3, -0.25) is 9.59 Å². The summed E-state index contributed by atoms with van der Waals surface area (Å²) in [6, 6.07) is 15.7. The minimum atomic E-state index is -1.22. The van der Waals surface area contributed by atoms with E-state index < -0.39 is 29.6 Å². The molecule has 3 rings (SSSR count). The molecule has 2 aromatic rings. The SMILES string of the molecule is CCCC[C@H](CC(=O)O)NC(=O)C(C)(CC)NC(=O)OCC1c2ccccc2-c2ccccc21. The quantitative estimate of drug-likeness (QED) is 0.439. The van der Waals surface area contributed by atoms with E-state index in [2.05, 4.69) is 22.8 Å². The average molecular weight is 467 g/mol. The first-order chi connectivity index (χ1) is 16.3. The fraction of sp³-hybridized carbons (Fsp3) is 0.444. The van der Waals surface area contributed by atoms with Crippen LogP contribution < -0.4 is 10.6 Å². The number of ether oxygens (including phenoxy) is 1. The number of benzene rings is 2. The Morgan fingerprint density at radius 3 is 2.15 bits per heavy atom. The number of carbonyl (C=O) groups is 3. The van der Waals surface area contributed by atoms with Crippen LogP contribution in [-0.4, -0.2) is 41.3 Å². The lowest BCUT2D eigenvalue weighted by atomic mass is 9.96. The van der Waals surface area contributed by atoms with Gasteiger partial charge in [0.05, 0.1) is 6.42 Å². The van der Waals surface area contributed by atoms with E-state index in [9.17, 15) is 19.5 Å². The summed E-state index contributed by atoms with van der Waals surface area (Å²) in [5.41, 5.74) is 3.29. The van der Waals surface area contributed by atoms with Crippen LogP contribution in [0.4, 0.5) is 4.79 Å². The minimum Gasteiger partial charge on any atom is -0.481 e. The first-order valence-corrected chi connectivity index (χ1v) is 11.9. The van der Waals surface area contributed by atoms with E-state index in [1.165, 1.54) is 0 Å². The van der Waals surface area contributed by atoms with E-state index in [4.69, 9.17) is 4.74 Å². The lowest BCUT2D eigenvalue weighted by molar-refractivity contribution is -0.138. The predicted molar refractivity (Wildman–Crippen MR) is 131 cm³/mol. The number of fused-ring (bicyclic) bond motifs is 3. The number of alkyl carbamates (subject to hydrolysis) is 1.